The molecule has 0 amide bonds. The second-order valence-corrected chi connectivity index (χ2v) is 5.33. The Bertz CT molecular complexity index is 527. The Morgan fingerprint density at radius 3 is 2.52 bits per heavy atom. The van der Waals surface area contributed by atoms with Crippen molar-refractivity contribution in [1.29, 1.82) is 0 Å². The van der Waals surface area contributed by atoms with Crippen LogP contribution < -0.4 is 0 Å². The minimum atomic E-state index is -2.11. The molecule has 114 valence electrons. The number of carbonyl (C=O) groups excluding carboxylic acids is 2. The third-order valence-corrected chi connectivity index (χ3v) is 3.49. The van der Waals surface area contributed by atoms with Gasteiger partial charge in [-0.2, -0.15) is 0 Å². The van der Waals surface area contributed by atoms with Crippen molar-refractivity contribution >= 4 is 11.6 Å². The summed E-state index contributed by atoms with van der Waals surface area (Å²) in [5.74, 6) is 4.13. The first-order valence-electron chi connectivity index (χ1n) is 7.32. The maximum atomic E-state index is 11.9. The fourth-order valence-electron chi connectivity index (χ4n) is 2.05. The molecular weight excluding hydrogens is 268 g/mol. The van der Waals surface area contributed by atoms with E-state index in [0.717, 1.165) is 25.8 Å². The van der Waals surface area contributed by atoms with Crippen LogP contribution in [0.15, 0.2) is 23.5 Å². The fraction of sp³-hybridized carbons (Fsp3) is 0.529. The van der Waals surface area contributed by atoms with Crippen molar-refractivity contribution < 1.29 is 19.8 Å². The van der Waals surface area contributed by atoms with Gasteiger partial charge in [0, 0.05) is 18.1 Å². The Morgan fingerprint density at radius 1 is 1.24 bits per heavy atom. The summed E-state index contributed by atoms with van der Waals surface area (Å²) < 4.78 is 0. The summed E-state index contributed by atoms with van der Waals surface area (Å²) in [6.45, 7) is 3.27. The molecule has 0 aromatic rings. The Balaban J connectivity index is 2.70. The lowest BCUT2D eigenvalue weighted by Gasteiger charge is -2.24. The molecule has 1 rings (SSSR count). The van der Waals surface area contributed by atoms with Gasteiger partial charge in [-0.05, 0) is 13.3 Å². The molecule has 0 saturated heterocycles. The van der Waals surface area contributed by atoms with Crippen molar-refractivity contribution in [3.63, 3.8) is 0 Å². The lowest BCUT2D eigenvalue weighted by Crippen LogP contribution is -2.46. The summed E-state index contributed by atoms with van der Waals surface area (Å²) in [5.41, 5.74) is -2.05. The highest BCUT2D eigenvalue weighted by Gasteiger charge is 2.43. The van der Waals surface area contributed by atoms with Crippen LogP contribution in [0.5, 0.6) is 0 Å². The van der Waals surface area contributed by atoms with E-state index < -0.39 is 17.2 Å². The molecule has 0 unspecified atom stereocenters. The Morgan fingerprint density at radius 2 is 1.90 bits per heavy atom. The molecule has 0 aromatic heterocycles. The van der Waals surface area contributed by atoms with E-state index in [2.05, 4.69) is 18.8 Å². The maximum absolute atomic E-state index is 11.9. The van der Waals surface area contributed by atoms with E-state index in [0.29, 0.717) is 12.7 Å². The summed E-state index contributed by atoms with van der Waals surface area (Å²) in [6.07, 6.45) is 8.07. The number of rotatable bonds is 5. The van der Waals surface area contributed by atoms with Crippen LogP contribution in [0.3, 0.4) is 0 Å². The number of hydrogen-bond acceptors (Lipinski definition) is 4. The average Bonchev–Trinajstić information content (AvgIpc) is 2.45. The van der Waals surface area contributed by atoms with Gasteiger partial charge in [-0.3, -0.25) is 9.59 Å². The van der Waals surface area contributed by atoms with E-state index in [1.165, 1.54) is 19.3 Å². The van der Waals surface area contributed by atoms with Gasteiger partial charge >= 0.3 is 0 Å². The molecule has 4 nitrogen and oxygen atoms in total. The number of aliphatic hydroxyl groups excluding tert-OH is 1. The monoisotopic (exact) mass is 290 g/mol. The molecule has 0 aromatic carbocycles. The third kappa shape index (κ3) is 4.30. The minimum absolute atomic E-state index is 0.113. The number of carbonyl (C=O) groups is 2. The van der Waals surface area contributed by atoms with E-state index >= 15 is 0 Å². The Kier molecular flexibility index (Phi) is 6.39. The van der Waals surface area contributed by atoms with Crippen LogP contribution in [-0.2, 0) is 9.59 Å². The molecule has 4 heteroatoms. The predicted octanol–water partition coefficient (Wildman–Crippen LogP) is 2.62. The first kappa shape index (κ1) is 17.2. The number of ketones is 2. The zero-order chi connectivity index (χ0) is 15.9. The van der Waals surface area contributed by atoms with Crippen molar-refractivity contribution in [3.8, 4) is 11.8 Å². The second-order valence-electron chi connectivity index (χ2n) is 5.33. The summed E-state index contributed by atoms with van der Waals surface area (Å²) in [6, 6.07) is 0. The van der Waals surface area contributed by atoms with Gasteiger partial charge in [0.2, 0.25) is 5.78 Å². The first-order chi connectivity index (χ1) is 9.95. The van der Waals surface area contributed by atoms with Crippen LogP contribution in [0.1, 0.15) is 52.4 Å². The summed E-state index contributed by atoms with van der Waals surface area (Å²) >= 11 is 0. The second kappa shape index (κ2) is 7.80. The van der Waals surface area contributed by atoms with Crippen LogP contribution in [0.25, 0.3) is 0 Å². The van der Waals surface area contributed by atoms with Gasteiger partial charge in [0.15, 0.2) is 11.4 Å². The van der Waals surface area contributed by atoms with E-state index in [-0.39, 0.29) is 11.1 Å². The fourth-order valence-corrected chi connectivity index (χ4v) is 2.05. The molecule has 1 aliphatic carbocycles. The number of aliphatic hydroxyl groups is 2. The van der Waals surface area contributed by atoms with Crippen LogP contribution >= 0.6 is 0 Å². The van der Waals surface area contributed by atoms with Crippen molar-refractivity contribution in [2.75, 3.05) is 0 Å². The van der Waals surface area contributed by atoms with Crippen molar-refractivity contribution in [1.82, 2.24) is 0 Å². The third-order valence-electron chi connectivity index (χ3n) is 3.49. The summed E-state index contributed by atoms with van der Waals surface area (Å²) in [5, 5.41) is 18.9. The zero-order valence-electron chi connectivity index (χ0n) is 12.6. The van der Waals surface area contributed by atoms with E-state index in [1.807, 2.05) is 0 Å². The highest BCUT2D eigenvalue weighted by atomic mass is 16.3. The van der Waals surface area contributed by atoms with Crippen LogP contribution in [-0.4, -0.2) is 27.4 Å². The lowest BCUT2D eigenvalue weighted by atomic mass is 9.81. The van der Waals surface area contributed by atoms with Gasteiger partial charge in [-0.15, -0.1) is 0 Å². The molecule has 0 spiro atoms. The minimum Gasteiger partial charge on any atom is -0.515 e. The van der Waals surface area contributed by atoms with Gasteiger partial charge < -0.3 is 10.2 Å². The molecule has 21 heavy (non-hydrogen) atoms. The molecule has 1 atom stereocenters. The van der Waals surface area contributed by atoms with Gasteiger partial charge in [0.1, 0.15) is 0 Å². The maximum Gasteiger partial charge on any atom is 0.206 e. The van der Waals surface area contributed by atoms with Crippen LogP contribution in [0, 0.1) is 11.8 Å². The van der Waals surface area contributed by atoms with E-state index in [4.69, 9.17) is 5.11 Å². The average molecular weight is 290 g/mol. The topological polar surface area (TPSA) is 74.6 Å². The zero-order valence-corrected chi connectivity index (χ0v) is 12.6. The van der Waals surface area contributed by atoms with Crippen molar-refractivity contribution in [2.45, 2.75) is 58.0 Å². The SMILES string of the molecule is CCCCCCCC#CC1=CC(=O)[C@@](C)(O)C(=O)/C1=C\O. The Labute approximate surface area is 125 Å². The summed E-state index contributed by atoms with van der Waals surface area (Å²) in [4.78, 5) is 23.6. The van der Waals surface area contributed by atoms with E-state index in [1.54, 1.807) is 0 Å². The molecule has 0 aliphatic heterocycles. The standard InChI is InChI=1S/C17H22O4/c1-3-4-5-6-7-8-9-10-13-11-15(19)17(2,21)16(20)14(13)12-18/h11-12,18,21H,3-8H2,1-2H3/b14-12-/t17-/m1/s1. The molecule has 1 aliphatic rings. The quantitative estimate of drug-likeness (QED) is 0.268. The van der Waals surface area contributed by atoms with Crippen LogP contribution in [0.2, 0.25) is 0 Å². The number of allylic oxidation sites excluding steroid dienone is 1. The summed E-state index contributed by atoms with van der Waals surface area (Å²) in [7, 11) is 0. The van der Waals surface area contributed by atoms with Gasteiger partial charge in [0.25, 0.3) is 0 Å². The normalized spacial score (nSPS) is 23.8. The smallest absolute Gasteiger partial charge is 0.206 e. The van der Waals surface area contributed by atoms with Gasteiger partial charge in [-0.25, -0.2) is 0 Å². The lowest BCUT2D eigenvalue weighted by molar-refractivity contribution is -0.144. The van der Waals surface area contributed by atoms with Crippen molar-refractivity contribution in [3.05, 3.63) is 23.5 Å². The molecule has 0 heterocycles. The Hall–Kier alpha value is -1.86. The molecule has 0 bridgehead atoms. The van der Waals surface area contributed by atoms with Gasteiger partial charge in [-0.1, -0.05) is 44.4 Å². The molecule has 0 radical (unpaired) electrons. The largest absolute Gasteiger partial charge is 0.515 e. The highest BCUT2D eigenvalue weighted by Crippen LogP contribution is 2.25. The number of hydrogen-bond donors (Lipinski definition) is 2. The molecule has 0 fully saturated rings. The highest BCUT2D eigenvalue weighted by molar-refractivity contribution is 6.25. The number of unbranched alkanes of at least 4 members (excludes halogenated alkanes) is 5. The van der Waals surface area contributed by atoms with E-state index in [9.17, 15) is 14.7 Å². The molecule has 2 N–H and O–H groups in total. The predicted molar refractivity (Wildman–Crippen MR) is 80.6 cm³/mol. The molecule has 0 saturated carbocycles. The van der Waals surface area contributed by atoms with Crippen molar-refractivity contribution in [2.24, 2.45) is 0 Å². The first-order valence-corrected chi connectivity index (χ1v) is 7.32. The van der Waals surface area contributed by atoms with Gasteiger partial charge in [0.05, 0.1) is 11.8 Å². The van der Waals surface area contributed by atoms with Crippen LogP contribution in [0.4, 0.5) is 0 Å². The number of Topliss-reactive ketones (excluding diaryl/α,β-unsaturated/α-hetero) is 1. The molecular formula is C17H22O4.